The van der Waals surface area contributed by atoms with Crippen LogP contribution in [0.15, 0.2) is 84.9 Å². The van der Waals surface area contributed by atoms with Crippen LogP contribution in [0.25, 0.3) is 0 Å². The molecule has 3 rings (SSSR count). The molecule has 0 radical (unpaired) electrons. The van der Waals surface area contributed by atoms with Crippen molar-refractivity contribution in [2.45, 2.75) is 0 Å². The highest BCUT2D eigenvalue weighted by Crippen LogP contribution is 2.31. The number of benzene rings is 3. The van der Waals surface area contributed by atoms with E-state index in [1.807, 2.05) is 0 Å². The van der Waals surface area contributed by atoms with Gasteiger partial charge in [-0.15, -0.1) is 0 Å². The van der Waals surface area contributed by atoms with Gasteiger partial charge in [0.1, 0.15) is 0 Å². The molecule has 22 heavy (non-hydrogen) atoms. The van der Waals surface area contributed by atoms with Gasteiger partial charge in [0.05, 0.1) is 0 Å². The van der Waals surface area contributed by atoms with Crippen molar-refractivity contribution in [3.05, 3.63) is 84.9 Å². The van der Waals surface area contributed by atoms with Crippen molar-refractivity contribution in [1.82, 2.24) is 0 Å². The standard InChI is InChI=1S/C20H20P2/c1-21(17-9-5-3-6-10-17)19-13-15-20(16-14-19)22(2)18-11-7-4-8-12-18/h3-16H,1-2H3. The Labute approximate surface area is 135 Å². The summed E-state index contributed by atoms with van der Waals surface area (Å²) < 4.78 is 0. The molecular weight excluding hydrogens is 302 g/mol. The largest absolute Gasteiger partial charge is 0.0622 e. The molecule has 2 unspecified atom stereocenters. The summed E-state index contributed by atoms with van der Waals surface area (Å²) in [5.41, 5.74) is 0. The van der Waals surface area contributed by atoms with Crippen LogP contribution in [0.4, 0.5) is 0 Å². The maximum atomic E-state index is 2.34. The van der Waals surface area contributed by atoms with Crippen molar-refractivity contribution in [1.29, 1.82) is 0 Å². The van der Waals surface area contributed by atoms with Crippen molar-refractivity contribution in [2.75, 3.05) is 13.3 Å². The molecule has 110 valence electrons. The van der Waals surface area contributed by atoms with E-state index in [0.717, 1.165) is 0 Å². The zero-order valence-corrected chi connectivity index (χ0v) is 14.8. The van der Waals surface area contributed by atoms with Crippen LogP contribution in [0.2, 0.25) is 0 Å². The lowest BCUT2D eigenvalue weighted by atomic mass is 10.4. The molecule has 3 aromatic rings. The molecule has 0 fully saturated rings. The first kappa shape index (κ1) is 15.4. The van der Waals surface area contributed by atoms with Gasteiger partial charge in [-0.05, 0) is 50.4 Å². The van der Waals surface area contributed by atoms with E-state index < -0.39 is 0 Å². The van der Waals surface area contributed by atoms with Crippen LogP contribution in [0.5, 0.6) is 0 Å². The molecule has 2 heteroatoms. The second kappa shape index (κ2) is 7.19. The third-order valence-electron chi connectivity index (χ3n) is 3.91. The molecule has 0 spiro atoms. The van der Waals surface area contributed by atoms with Crippen LogP contribution in [0, 0.1) is 0 Å². The summed E-state index contributed by atoms with van der Waals surface area (Å²) >= 11 is 0. The maximum absolute atomic E-state index is 2.34. The van der Waals surface area contributed by atoms with Gasteiger partial charge in [0.2, 0.25) is 0 Å². The summed E-state index contributed by atoms with van der Waals surface area (Å²) in [4.78, 5) is 0. The van der Waals surface area contributed by atoms with Gasteiger partial charge in [0.15, 0.2) is 0 Å². The Morgan fingerprint density at radius 3 is 1.00 bits per heavy atom. The Morgan fingerprint density at radius 2 is 0.682 bits per heavy atom. The first-order valence-electron chi connectivity index (χ1n) is 7.43. The van der Waals surface area contributed by atoms with E-state index in [1.54, 1.807) is 0 Å². The fourth-order valence-electron chi connectivity index (χ4n) is 2.50. The highest BCUT2D eigenvalue weighted by molar-refractivity contribution is 7.73. The average Bonchev–Trinajstić information content (AvgIpc) is 2.62. The predicted molar refractivity (Wildman–Crippen MR) is 104 cm³/mol. The zero-order chi connectivity index (χ0) is 15.4. The second-order valence-corrected chi connectivity index (χ2v) is 9.61. The highest BCUT2D eigenvalue weighted by atomic mass is 31.1. The number of hydrogen-bond donors (Lipinski definition) is 0. The number of rotatable bonds is 4. The Bertz CT molecular complexity index is 641. The maximum Gasteiger partial charge on any atom is -0.0197 e. The molecule has 0 saturated carbocycles. The van der Waals surface area contributed by atoms with E-state index in [4.69, 9.17) is 0 Å². The van der Waals surface area contributed by atoms with Gasteiger partial charge in [-0.25, -0.2) is 0 Å². The molecule has 2 atom stereocenters. The van der Waals surface area contributed by atoms with Crippen LogP contribution >= 0.6 is 15.8 Å². The van der Waals surface area contributed by atoms with Gasteiger partial charge in [-0.3, -0.25) is 0 Å². The Morgan fingerprint density at radius 1 is 0.409 bits per heavy atom. The van der Waals surface area contributed by atoms with Crippen molar-refractivity contribution >= 4 is 37.1 Å². The molecule has 0 N–H and O–H groups in total. The number of hydrogen-bond acceptors (Lipinski definition) is 0. The fourth-order valence-corrected chi connectivity index (χ4v) is 5.53. The van der Waals surface area contributed by atoms with Crippen LogP contribution < -0.4 is 21.2 Å². The molecule has 0 amide bonds. The summed E-state index contributed by atoms with van der Waals surface area (Å²) in [5.74, 6) is 0. The summed E-state index contributed by atoms with van der Waals surface area (Å²) in [6.45, 7) is 4.68. The van der Waals surface area contributed by atoms with Crippen LogP contribution in [-0.2, 0) is 0 Å². The topological polar surface area (TPSA) is 0 Å². The summed E-state index contributed by atoms with van der Waals surface area (Å²) in [5, 5.41) is 5.77. The highest BCUT2D eigenvalue weighted by Gasteiger charge is 2.10. The fraction of sp³-hybridized carbons (Fsp3) is 0.100. The lowest BCUT2D eigenvalue weighted by Gasteiger charge is -2.16. The van der Waals surface area contributed by atoms with Gasteiger partial charge in [0, 0.05) is 0 Å². The minimum atomic E-state index is -0.249. The van der Waals surface area contributed by atoms with Crippen LogP contribution in [0.1, 0.15) is 0 Å². The van der Waals surface area contributed by atoms with Gasteiger partial charge >= 0.3 is 0 Å². The molecule has 0 aliphatic rings. The average molecular weight is 322 g/mol. The quantitative estimate of drug-likeness (QED) is 0.641. The second-order valence-electron chi connectivity index (χ2n) is 5.31. The smallest absolute Gasteiger partial charge is 0.0197 e. The normalized spacial score (nSPS) is 13.5. The van der Waals surface area contributed by atoms with Crippen molar-refractivity contribution in [3.8, 4) is 0 Å². The van der Waals surface area contributed by atoms with E-state index in [0.29, 0.717) is 0 Å². The predicted octanol–water partition coefficient (Wildman–Crippen LogP) is 3.81. The Hall–Kier alpha value is -1.48. The van der Waals surface area contributed by atoms with E-state index in [9.17, 15) is 0 Å². The Kier molecular flexibility index (Phi) is 5.04. The molecule has 0 bridgehead atoms. The third-order valence-corrected chi connectivity index (χ3v) is 8.20. The monoisotopic (exact) mass is 322 g/mol. The van der Waals surface area contributed by atoms with Gasteiger partial charge in [-0.2, -0.15) is 0 Å². The molecule has 0 nitrogen and oxygen atoms in total. The molecule has 0 aromatic heterocycles. The summed E-state index contributed by atoms with van der Waals surface area (Å²) in [7, 11) is -0.499. The van der Waals surface area contributed by atoms with Gasteiger partial charge in [-0.1, -0.05) is 84.9 Å². The minimum Gasteiger partial charge on any atom is -0.0622 e. The van der Waals surface area contributed by atoms with E-state index >= 15 is 0 Å². The molecule has 0 aliphatic heterocycles. The SMILES string of the molecule is CP(c1ccccc1)c1ccc(P(C)c2ccccc2)cc1. The van der Waals surface area contributed by atoms with E-state index in [2.05, 4.69) is 98.3 Å². The minimum absolute atomic E-state index is 0.249. The summed E-state index contributed by atoms with van der Waals surface area (Å²) in [6, 6.07) is 30.9. The molecule has 0 heterocycles. The third kappa shape index (κ3) is 3.46. The molecule has 0 aliphatic carbocycles. The van der Waals surface area contributed by atoms with E-state index in [1.165, 1.54) is 21.2 Å². The Balaban J connectivity index is 1.81. The summed E-state index contributed by atoms with van der Waals surface area (Å²) in [6.07, 6.45) is 0. The van der Waals surface area contributed by atoms with Crippen molar-refractivity contribution < 1.29 is 0 Å². The van der Waals surface area contributed by atoms with E-state index in [-0.39, 0.29) is 15.8 Å². The first-order chi connectivity index (χ1) is 10.8. The van der Waals surface area contributed by atoms with Crippen molar-refractivity contribution in [2.24, 2.45) is 0 Å². The van der Waals surface area contributed by atoms with Crippen LogP contribution in [0.3, 0.4) is 0 Å². The lowest BCUT2D eigenvalue weighted by Crippen LogP contribution is -2.15. The first-order valence-corrected chi connectivity index (χ1v) is 11.0. The molecule has 0 saturated heterocycles. The zero-order valence-electron chi connectivity index (χ0n) is 13.0. The molecule has 3 aromatic carbocycles. The van der Waals surface area contributed by atoms with Gasteiger partial charge < -0.3 is 0 Å². The van der Waals surface area contributed by atoms with Gasteiger partial charge in [0.25, 0.3) is 0 Å². The molecular formula is C20H20P2. The van der Waals surface area contributed by atoms with Crippen LogP contribution in [-0.4, -0.2) is 13.3 Å². The lowest BCUT2D eigenvalue weighted by molar-refractivity contribution is 1.76. The van der Waals surface area contributed by atoms with Crippen molar-refractivity contribution in [3.63, 3.8) is 0 Å².